The summed E-state index contributed by atoms with van der Waals surface area (Å²) in [5.74, 6) is 1.61. The molecule has 0 unspecified atom stereocenters. The van der Waals surface area contributed by atoms with Crippen molar-refractivity contribution in [1.82, 2.24) is 14.9 Å². The lowest BCUT2D eigenvalue weighted by atomic mass is 10.3. The number of aromatic nitrogens is 2. The predicted molar refractivity (Wildman–Crippen MR) is 69.7 cm³/mol. The molecular formula is C11H18N4O2S. The highest BCUT2D eigenvalue weighted by atomic mass is 32.2. The van der Waals surface area contributed by atoms with E-state index in [1.807, 2.05) is 6.92 Å². The minimum Gasteiger partial charge on any atom is -0.384 e. The van der Waals surface area contributed by atoms with Crippen LogP contribution in [0.3, 0.4) is 0 Å². The first-order valence-corrected chi connectivity index (χ1v) is 7.79. The molecule has 6 nitrogen and oxygen atoms in total. The van der Waals surface area contributed by atoms with Crippen LogP contribution in [0.2, 0.25) is 0 Å². The van der Waals surface area contributed by atoms with Gasteiger partial charge in [-0.2, -0.15) is 0 Å². The highest BCUT2D eigenvalue weighted by Crippen LogP contribution is 2.09. The van der Waals surface area contributed by atoms with Gasteiger partial charge >= 0.3 is 0 Å². The SMILES string of the molecule is Cc1cc(N)nc(CN2CCCS(=O)(=O)CC2)n1. The second kappa shape index (κ2) is 5.19. The first-order chi connectivity index (χ1) is 8.44. The van der Waals surface area contributed by atoms with E-state index in [9.17, 15) is 8.42 Å². The number of anilines is 1. The van der Waals surface area contributed by atoms with Gasteiger partial charge < -0.3 is 5.73 Å². The van der Waals surface area contributed by atoms with Crippen LogP contribution in [0.5, 0.6) is 0 Å². The third-order valence-electron chi connectivity index (χ3n) is 2.93. The standard InChI is InChI=1S/C11H18N4O2S/c1-9-7-10(12)14-11(13-9)8-15-3-2-5-18(16,17)6-4-15/h7H,2-6,8H2,1H3,(H2,12,13,14). The van der Waals surface area contributed by atoms with Crippen LogP contribution >= 0.6 is 0 Å². The molecular weight excluding hydrogens is 252 g/mol. The van der Waals surface area contributed by atoms with Crippen LogP contribution in [0.25, 0.3) is 0 Å². The van der Waals surface area contributed by atoms with Gasteiger partial charge in [0.05, 0.1) is 18.1 Å². The molecule has 0 aromatic carbocycles. The van der Waals surface area contributed by atoms with Crippen LogP contribution in [0.4, 0.5) is 5.82 Å². The van der Waals surface area contributed by atoms with Gasteiger partial charge in [-0.05, 0) is 19.9 Å². The zero-order valence-corrected chi connectivity index (χ0v) is 11.3. The van der Waals surface area contributed by atoms with Gasteiger partial charge in [0.2, 0.25) is 0 Å². The average Bonchev–Trinajstić information content (AvgIpc) is 2.39. The molecule has 0 spiro atoms. The molecule has 0 radical (unpaired) electrons. The summed E-state index contributed by atoms with van der Waals surface area (Å²) in [4.78, 5) is 10.6. The first kappa shape index (κ1) is 13.2. The Morgan fingerprint density at radius 1 is 1.33 bits per heavy atom. The van der Waals surface area contributed by atoms with Crippen LogP contribution < -0.4 is 5.73 Å². The zero-order valence-electron chi connectivity index (χ0n) is 10.5. The Balaban J connectivity index is 2.05. The minimum atomic E-state index is -2.87. The van der Waals surface area contributed by atoms with E-state index in [4.69, 9.17) is 5.73 Å². The largest absolute Gasteiger partial charge is 0.384 e. The van der Waals surface area contributed by atoms with Crippen LogP contribution in [-0.4, -0.2) is 47.9 Å². The second-order valence-corrected chi connectivity index (χ2v) is 6.94. The highest BCUT2D eigenvalue weighted by molar-refractivity contribution is 7.91. The Morgan fingerprint density at radius 3 is 2.83 bits per heavy atom. The van der Waals surface area contributed by atoms with E-state index in [0.717, 1.165) is 12.2 Å². The van der Waals surface area contributed by atoms with Crippen LogP contribution in [0.15, 0.2) is 6.07 Å². The third-order valence-corrected chi connectivity index (χ3v) is 4.65. The lowest BCUT2D eigenvalue weighted by Crippen LogP contribution is -2.27. The van der Waals surface area contributed by atoms with Gasteiger partial charge in [0.1, 0.15) is 11.6 Å². The third kappa shape index (κ3) is 3.64. The summed E-state index contributed by atoms with van der Waals surface area (Å²) in [7, 11) is -2.87. The van der Waals surface area contributed by atoms with Gasteiger partial charge in [0.15, 0.2) is 9.84 Å². The van der Waals surface area contributed by atoms with Crippen LogP contribution in [0.1, 0.15) is 17.9 Å². The molecule has 0 aliphatic carbocycles. The topological polar surface area (TPSA) is 89.2 Å². The monoisotopic (exact) mass is 270 g/mol. The van der Waals surface area contributed by atoms with E-state index >= 15 is 0 Å². The molecule has 0 amide bonds. The quantitative estimate of drug-likeness (QED) is 0.813. The van der Waals surface area contributed by atoms with Crippen molar-refractivity contribution in [3.8, 4) is 0 Å². The van der Waals surface area contributed by atoms with Crippen LogP contribution in [-0.2, 0) is 16.4 Å². The van der Waals surface area contributed by atoms with Crippen molar-refractivity contribution < 1.29 is 8.42 Å². The summed E-state index contributed by atoms with van der Waals surface area (Å²) in [6.45, 7) is 3.73. The van der Waals surface area contributed by atoms with E-state index in [1.54, 1.807) is 6.07 Å². The second-order valence-electron chi connectivity index (χ2n) is 4.63. The molecule has 18 heavy (non-hydrogen) atoms. The van der Waals surface area contributed by atoms with E-state index in [2.05, 4.69) is 14.9 Å². The number of hydrogen-bond donors (Lipinski definition) is 1. The maximum Gasteiger partial charge on any atom is 0.151 e. The van der Waals surface area contributed by atoms with Gasteiger partial charge in [0.25, 0.3) is 0 Å². The van der Waals surface area contributed by atoms with Gasteiger partial charge in [-0.25, -0.2) is 18.4 Å². The maximum absolute atomic E-state index is 11.5. The molecule has 1 aromatic heterocycles. The molecule has 2 rings (SSSR count). The number of rotatable bonds is 2. The Labute approximate surface area is 107 Å². The van der Waals surface area contributed by atoms with E-state index in [1.165, 1.54) is 0 Å². The number of hydrogen-bond acceptors (Lipinski definition) is 6. The Kier molecular flexibility index (Phi) is 3.82. The fraction of sp³-hybridized carbons (Fsp3) is 0.636. The van der Waals surface area contributed by atoms with Crippen molar-refractivity contribution in [1.29, 1.82) is 0 Å². The van der Waals surface area contributed by atoms with Gasteiger partial charge in [-0.3, -0.25) is 4.90 Å². The Hall–Kier alpha value is -1.21. The molecule has 1 aliphatic heterocycles. The minimum absolute atomic E-state index is 0.217. The summed E-state index contributed by atoms with van der Waals surface area (Å²) in [6, 6.07) is 1.72. The Morgan fingerprint density at radius 2 is 2.11 bits per heavy atom. The smallest absolute Gasteiger partial charge is 0.151 e. The lowest BCUT2D eigenvalue weighted by Gasteiger charge is -2.18. The number of sulfone groups is 1. The molecule has 2 N–H and O–H groups in total. The van der Waals surface area contributed by atoms with Crippen molar-refractivity contribution in [2.75, 3.05) is 30.3 Å². The number of nitrogen functional groups attached to an aromatic ring is 1. The predicted octanol–water partition coefficient (Wildman–Crippen LogP) is -0.0123. The van der Waals surface area contributed by atoms with Crippen LogP contribution in [0, 0.1) is 6.92 Å². The molecule has 100 valence electrons. The maximum atomic E-state index is 11.5. The lowest BCUT2D eigenvalue weighted by molar-refractivity contribution is 0.280. The molecule has 2 heterocycles. The number of nitrogens with two attached hydrogens (primary N) is 1. The summed E-state index contributed by atoms with van der Waals surface area (Å²) in [5.41, 5.74) is 6.51. The van der Waals surface area contributed by atoms with Gasteiger partial charge in [0, 0.05) is 18.3 Å². The summed E-state index contributed by atoms with van der Waals surface area (Å²) in [5, 5.41) is 0. The average molecular weight is 270 g/mol. The van der Waals surface area contributed by atoms with E-state index in [0.29, 0.717) is 31.2 Å². The van der Waals surface area contributed by atoms with Crippen molar-refractivity contribution in [2.24, 2.45) is 0 Å². The van der Waals surface area contributed by atoms with Gasteiger partial charge in [-0.15, -0.1) is 0 Å². The Bertz CT molecular complexity index is 510. The van der Waals surface area contributed by atoms with Crippen molar-refractivity contribution >= 4 is 15.7 Å². The van der Waals surface area contributed by atoms with E-state index < -0.39 is 9.84 Å². The first-order valence-electron chi connectivity index (χ1n) is 5.97. The van der Waals surface area contributed by atoms with Crippen molar-refractivity contribution in [3.63, 3.8) is 0 Å². The molecule has 0 saturated carbocycles. The summed E-state index contributed by atoms with van der Waals surface area (Å²) < 4.78 is 23.0. The molecule has 1 aliphatic rings. The fourth-order valence-electron chi connectivity index (χ4n) is 2.08. The molecule has 1 saturated heterocycles. The highest BCUT2D eigenvalue weighted by Gasteiger charge is 2.19. The molecule has 0 bridgehead atoms. The molecule has 7 heteroatoms. The van der Waals surface area contributed by atoms with E-state index in [-0.39, 0.29) is 11.5 Å². The number of nitrogens with zero attached hydrogens (tertiary/aromatic N) is 3. The molecule has 1 aromatic rings. The van der Waals surface area contributed by atoms with Gasteiger partial charge in [-0.1, -0.05) is 0 Å². The number of aryl methyl sites for hydroxylation is 1. The van der Waals surface area contributed by atoms with Crippen molar-refractivity contribution in [3.05, 3.63) is 17.6 Å². The summed E-state index contributed by atoms with van der Waals surface area (Å²) in [6.07, 6.45) is 0.670. The summed E-state index contributed by atoms with van der Waals surface area (Å²) >= 11 is 0. The fourth-order valence-corrected chi connectivity index (χ4v) is 3.38. The molecule has 0 atom stereocenters. The van der Waals surface area contributed by atoms with Crippen molar-refractivity contribution in [2.45, 2.75) is 19.9 Å². The zero-order chi connectivity index (χ0) is 13.2. The normalized spacial score (nSPS) is 20.5. The molecule has 1 fully saturated rings.